The first-order valence-corrected chi connectivity index (χ1v) is 14.9. The van der Waals surface area contributed by atoms with Gasteiger partial charge in [-0.05, 0) is 84.9 Å². The number of hydrogen-bond acceptors (Lipinski definition) is 4. The fourth-order valence-electron chi connectivity index (χ4n) is 10.7. The van der Waals surface area contributed by atoms with Crippen molar-refractivity contribution in [2.45, 2.75) is 99.1 Å². The molecular weight excluding hydrogens is 517 g/mol. The first kappa shape index (κ1) is 29.3. The molecule has 4 fully saturated rings. The van der Waals surface area contributed by atoms with Gasteiger partial charge in [0.2, 0.25) is 5.91 Å². The van der Waals surface area contributed by atoms with Gasteiger partial charge in [-0.15, -0.1) is 0 Å². The largest absolute Gasteiger partial charge is 0.405 e. The first-order valence-electron chi connectivity index (χ1n) is 14.9. The van der Waals surface area contributed by atoms with E-state index in [1.165, 1.54) is 0 Å². The SMILES string of the molecule is CC1(C)CC[C@]2(C(=O)NCC(F)(F)F)CCC3C(C(=O)C[C@@H]4[C@@]5(C)C=C(C#N)C(=O)C(C)(C)[C@@H]5CC[C@@]34C)C2C1. The molecule has 8 atom stereocenters. The van der Waals surface area contributed by atoms with Gasteiger partial charge in [0, 0.05) is 17.8 Å². The molecule has 220 valence electrons. The van der Waals surface area contributed by atoms with Crippen molar-refractivity contribution >= 4 is 17.5 Å². The predicted molar refractivity (Wildman–Crippen MR) is 143 cm³/mol. The summed E-state index contributed by atoms with van der Waals surface area (Å²) in [5.74, 6) is -1.27. The monoisotopic (exact) mass is 560 g/mol. The van der Waals surface area contributed by atoms with Crippen LogP contribution in [0.4, 0.5) is 13.2 Å². The maximum Gasteiger partial charge on any atom is 0.405 e. The molecule has 0 aromatic heterocycles. The minimum absolute atomic E-state index is 0.0106. The van der Waals surface area contributed by atoms with E-state index in [0.29, 0.717) is 32.1 Å². The second-order valence-electron chi connectivity index (χ2n) is 15.5. The molecule has 4 saturated carbocycles. The number of ketones is 2. The minimum Gasteiger partial charge on any atom is -0.346 e. The summed E-state index contributed by atoms with van der Waals surface area (Å²) in [6.45, 7) is 11.2. The molecule has 40 heavy (non-hydrogen) atoms. The summed E-state index contributed by atoms with van der Waals surface area (Å²) in [6, 6.07) is 2.13. The van der Waals surface area contributed by atoms with Crippen LogP contribution < -0.4 is 5.32 Å². The van der Waals surface area contributed by atoms with E-state index >= 15 is 0 Å². The Morgan fingerprint density at radius 1 is 1.00 bits per heavy atom. The summed E-state index contributed by atoms with van der Waals surface area (Å²) in [4.78, 5) is 41.1. The van der Waals surface area contributed by atoms with Crippen molar-refractivity contribution in [3.8, 4) is 6.07 Å². The topological polar surface area (TPSA) is 87.0 Å². The minimum atomic E-state index is -4.49. The van der Waals surface area contributed by atoms with Crippen molar-refractivity contribution < 1.29 is 27.6 Å². The second kappa shape index (κ2) is 8.91. The number of carbonyl (C=O) groups is 3. The van der Waals surface area contributed by atoms with E-state index in [4.69, 9.17) is 0 Å². The average Bonchev–Trinajstić information content (AvgIpc) is 2.85. The Morgan fingerprint density at radius 2 is 1.68 bits per heavy atom. The van der Waals surface area contributed by atoms with Crippen LogP contribution in [-0.2, 0) is 14.4 Å². The van der Waals surface area contributed by atoms with Crippen LogP contribution in [0, 0.1) is 68.0 Å². The van der Waals surface area contributed by atoms with Crippen LogP contribution in [0.1, 0.15) is 92.9 Å². The molecule has 5 aliphatic carbocycles. The van der Waals surface area contributed by atoms with E-state index in [1.54, 1.807) is 0 Å². The lowest BCUT2D eigenvalue weighted by Gasteiger charge is -2.67. The number of halogens is 3. The summed E-state index contributed by atoms with van der Waals surface area (Å²) in [6.07, 6.45) is 2.31. The second-order valence-corrected chi connectivity index (χ2v) is 15.5. The van der Waals surface area contributed by atoms with Gasteiger partial charge in [-0.25, -0.2) is 0 Å². The van der Waals surface area contributed by atoms with Crippen LogP contribution in [0.2, 0.25) is 0 Å². The quantitative estimate of drug-likeness (QED) is 0.414. The molecule has 8 heteroatoms. The zero-order valence-electron chi connectivity index (χ0n) is 24.6. The number of nitrogens with zero attached hydrogens (tertiary/aromatic N) is 1. The number of amides is 1. The highest BCUT2D eigenvalue weighted by Gasteiger charge is 2.69. The highest BCUT2D eigenvalue weighted by Crippen LogP contribution is 2.71. The molecule has 0 heterocycles. The average molecular weight is 561 g/mol. The summed E-state index contributed by atoms with van der Waals surface area (Å²) in [5.41, 5.74) is -2.34. The third kappa shape index (κ3) is 4.11. The van der Waals surface area contributed by atoms with Gasteiger partial charge in [-0.1, -0.05) is 47.6 Å². The highest BCUT2D eigenvalue weighted by molar-refractivity contribution is 6.04. The van der Waals surface area contributed by atoms with E-state index in [-0.39, 0.29) is 57.6 Å². The Morgan fingerprint density at radius 3 is 2.30 bits per heavy atom. The van der Waals surface area contributed by atoms with E-state index in [1.807, 2.05) is 19.9 Å². The molecule has 5 rings (SSSR count). The lowest BCUT2D eigenvalue weighted by Crippen LogP contribution is -2.66. The van der Waals surface area contributed by atoms with E-state index < -0.39 is 34.9 Å². The van der Waals surface area contributed by atoms with Gasteiger partial charge in [0.25, 0.3) is 0 Å². The third-order valence-electron chi connectivity index (χ3n) is 12.6. The maximum absolute atomic E-state index is 14.3. The van der Waals surface area contributed by atoms with Gasteiger partial charge in [0.15, 0.2) is 5.78 Å². The van der Waals surface area contributed by atoms with E-state index in [9.17, 15) is 32.8 Å². The molecule has 1 amide bonds. The molecule has 0 aromatic rings. The smallest absolute Gasteiger partial charge is 0.346 e. The number of allylic oxidation sites excluding steroid dienone is 2. The highest BCUT2D eigenvalue weighted by atomic mass is 19.4. The fraction of sp³-hybridized carbons (Fsp3) is 0.812. The molecule has 5 aliphatic rings. The lowest BCUT2D eigenvalue weighted by atomic mass is 9.35. The van der Waals surface area contributed by atoms with Crippen molar-refractivity contribution in [3.05, 3.63) is 11.6 Å². The molecule has 0 bridgehead atoms. The Bertz CT molecular complexity index is 1210. The third-order valence-corrected chi connectivity index (χ3v) is 12.6. The summed E-state index contributed by atoms with van der Waals surface area (Å²) < 4.78 is 39.3. The van der Waals surface area contributed by atoms with Gasteiger partial charge in [0.05, 0.1) is 11.0 Å². The van der Waals surface area contributed by atoms with Crippen LogP contribution in [0.5, 0.6) is 0 Å². The molecule has 0 spiro atoms. The molecule has 0 saturated heterocycles. The number of alkyl halides is 3. The number of carbonyl (C=O) groups excluding carboxylic acids is 3. The molecule has 1 N–H and O–H groups in total. The number of nitrogens with one attached hydrogen (secondary N) is 1. The zero-order valence-corrected chi connectivity index (χ0v) is 24.6. The van der Waals surface area contributed by atoms with E-state index in [2.05, 4.69) is 39.1 Å². The number of Topliss-reactive ketones (excluding diaryl/α,β-unsaturated/α-hetero) is 2. The maximum atomic E-state index is 14.3. The van der Waals surface area contributed by atoms with Gasteiger partial charge < -0.3 is 5.32 Å². The number of hydrogen-bond donors (Lipinski definition) is 1. The Hall–Kier alpha value is -2.17. The van der Waals surface area contributed by atoms with E-state index in [0.717, 1.165) is 19.3 Å². The van der Waals surface area contributed by atoms with Crippen LogP contribution >= 0.6 is 0 Å². The number of fused-ring (bicyclic) bond motifs is 7. The fourth-order valence-corrected chi connectivity index (χ4v) is 10.7. The molecule has 5 nitrogen and oxygen atoms in total. The Balaban J connectivity index is 1.55. The molecule has 0 aromatic carbocycles. The van der Waals surface area contributed by atoms with Crippen molar-refractivity contribution in [1.82, 2.24) is 5.32 Å². The van der Waals surface area contributed by atoms with Crippen molar-refractivity contribution in [1.29, 1.82) is 5.26 Å². The molecular formula is C32H43F3N2O3. The standard InChI is InChI=1S/C32H43F3N2O3/c1-27(2)11-12-31(26(40)37-17-32(33,34)35)10-7-19-24(20(31)15-27)21(38)13-23-29(19,5)9-8-22-28(3,4)25(39)18(16-36)14-30(22,23)6/h14,19-20,22-24H,7-13,15,17H2,1-6H3,(H,37,40)/t19?,20?,22-,23-,24?,29-,30-,31+/m0/s1. The van der Waals surface area contributed by atoms with Gasteiger partial charge in [-0.3, -0.25) is 14.4 Å². The van der Waals surface area contributed by atoms with Gasteiger partial charge >= 0.3 is 6.18 Å². The van der Waals surface area contributed by atoms with Crippen molar-refractivity contribution in [2.24, 2.45) is 56.7 Å². The van der Waals surface area contributed by atoms with Crippen LogP contribution in [0.15, 0.2) is 11.6 Å². The Labute approximate surface area is 235 Å². The van der Waals surface area contributed by atoms with Crippen LogP contribution in [0.25, 0.3) is 0 Å². The molecule has 0 aliphatic heterocycles. The number of rotatable bonds is 2. The number of nitriles is 1. The zero-order chi connectivity index (χ0) is 29.7. The lowest BCUT2D eigenvalue weighted by molar-refractivity contribution is -0.193. The van der Waals surface area contributed by atoms with Gasteiger partial charge in [0.1, 0.15) is 18.4 Å². The first-order chi connectivity index (χ1) is 18.3. The molecule has 3 unspecified atom stereocenters. The summed E-state index contributed by atoms with van der Waals surface area (Å²) in [7, 11) is 0. The summed E-state index contributed by atoms with van der Waals surface area (Å²) in [5, 5.41) is 12.0. The van der Waals surface area contributed by atoms with Crippen LogP contribution in [0.3, 0.4) is 0 Å². The normalized spacial score (nSPS) is 43.7. The molecule has 0 radical (unpaired) electrons. The van der Waals surface area contributed by atoms with Gasteiger partial charge in [-0.2, -0.15) is 18.4 Å². The van der Waals surface area contributed by atoms with Crippen molar-refractivity contribution in [3.63, 3.8) is 0 Å². The Kier molecular flexibility index (Phi) is 6.54. The van der Waals surface area contributed by atoms with Crippen LogP contribution in [-0.4, -0.2) is 30.2 Å². The predicted octanol–water partition coefficient (Wildman–Crippen LogP) is 6.57. The van der Waals surface area contributed by atoms with Crippen molar-refractivity contribution in [2.75, 3.05) is 6.54 Å². The summed E-state index contributed by atoms with van der Waals surface area (Å²) >= 11 is 0.